The second-order valence-corrected chi connectivity index (χ2v) is 7.02. The zero-order chi connectivity index (χ0) is 15.2. The Morgan fingerprint density at radius 3 is 2.40 bits per heavy atom. The van der Waals surface area contributed by atoms with Crippen molar-refractivity contribution < 1.29 is 9.53 Å². The van der Waals surface area contributed by atoms with E-state index in [1.807, 2.05) is 0 Å². The van der Waals surface area contributed by atoms with Crippen LogP contribution in [0.2, 0.25) is 0 Å². The third-order valence-corrected chi connectivity index (χ3v) is 4.23. The van der Waals surface area contributed by atoms with E-state index >= 15 is 0 Å². The molecule has 0 aliphatic rings. The molecule has 0 bridgehead atoms. The number of nitrogens with two attached hydrogens (primary N) is 1. The van der Waals surface area contributed by atoms with Gasteiger partial charge in [-0.2, -0.15) is 11.8 Å². The predicted octanol–water partition coefficient (Wildman–Crippen LogP) is 3.11. The third-order valence-electron chi connectivity index (χ3n) is 3.17. The molecule has 0 heterocycles. The highest BCUT2D eigenvalue weighted by atomic mass is 32.2. The van der Waals surface area contributed by atoms with Crippen LogP contribution in [0.5, 0.6) is 0 Å². The Bertz CT molecular complexity index is 423. The maximum absolute atomic E-state index is 11.2. The molecule has 0 aliphatic heterocycles. The first-order valence-electron chi connectivity index (χ1n) is 6.85. The summed E-state index contributed by atoms with van der Waals surface area (Å²) < 4.78 is 4.60. The number of hydrogen-bond donors (Lipinski definition) is 1. The maximum Gasteiger partial charge on any atom is 0.322 e. The van der Waals surface area contributed by atoms with Gasteiger partial charge in [0, 0.05) is 5.75 Å². The van der Waals surface area contributed by atoms with Gasteiger partial charge in [0.2, 0.25) is 0 Å². The second-order valence-electron chi connectivity index (χ2n) is 5.92. The number of methoxy groups -OCH3 is 1. The first-order chi connectivity index (χ1) is 9.34. The number of carbonyl (C=O) groups is 1. The van der Waals surface area contributed by atoms with Gasteiger partial charge >= 0.3 is 5.97 Å². The number of esters is 1. The average molecular weight is 295 g/mol. The molecular formula is C16H25NO2S. The summed E-state index contributed by atoms with van der Waals surface area (Å²) in [6, 6.07) is 8.23. The Labute approximate surface area is 126 Å². The highest BCUT2D eigenvalue weighted by molar-refractivity contribution is 7.98. The molecule has 0 radical (unpaired) electrons. The maximum atomic E-state index is 11.2. The summed E-state index contributed by atoms with van der Waals surface area (Å²) >= 11 is 1.79. The Morgan fingerprint density at radius 2 is 1.90 bits per heavy atom. The van der Waals surface area contributed by atoms with Gasteiger partial charge < -0.3 is 10.5 Å². The van der Waals surface area contributed by atoms with Gasteiger partial charge in [-0.1, -0.05) is 45.0 Å². The van der Waals surface area contributed by atoms with Gasteiger partial charge in [-0.25, -0.2) is 0 Å². The van der Waals surface area contributed by atoms with Gasteiger partial charge in [0.05, 0.1) is 7.11 Å². The van der Waals surface area contributed by atoms with Crippen molar-refractivity contribution in [2.45, 2.75) is 44.4 Å². The lowest BCUT2D eigenvalue weighted by Gasteiger charge is -2.19. The Balaban J connectivity index is 2.34. The molecule has 0 saturated heterocycles. The number of hydrogen-bond acceptors (Lipinski definition) is 4. The lowest BCUT2D eigenvalue weighted by molar-refractivity contribution is -0.142. The standard InChI is InChI=1S/C16H25NO2S/c1-16(2,3)13-7-5-12(6-8-13)11-20-10-9-14(17)15(18)19-4/h5-8,14H,9-11,17H2,1-4H3. The predicted molar refractivity (Wildman–Crippen MR) is 85.9 cm³/mol. The van der Waals surface area contributed by atoms with E-state index in [-0.39, 0.29) is 11.4 Å². The van der Waals surface area contributed by atoms with Crippen molar-refractivity contribution in [1.29, 1.82) is 0 Å². The number of carbonyl (C=O) groups excluding carboxylic acids is 1. The number of thioether (sulfide) groups is 1. The van der Waals surface area contributed by atoms with Gasteiger partial charge in [-0.05, 0) is 28.7 Å². The zero-order valence-electron chi connectivity index (χ0n) is 12.8. The largest absolute Gasteiger partial charge is 0.468 e. The van der Waals surface area contributed by atoms with E-state index in [4.69, 9.17) is 5.73 Å². The van der Waals surface area contributed by atoms with Crippen molar-refractivity contribution in [2.24, 2.45) is 5.73 Å². The summed E-state index contributed by atoms with van der Waals surface area (Å²) in [6.45, 7) is 6.64. The molecule has 0 amide bonds. The topological polar surface area (TPSA) is 52.3 Å². The van der Waals surface area contributed by atoms with Gasteiger partial charge in [0.15, 0.2) is 0 Å². The quantitative estimate of drug-likeness (QED) is 0.647. The fourth-order valence-corrected chi connectivity index (χ4v) is 2.76. The minimum absolute atomic E-state index is 0.193. The van der Waals surface area contributed by atoms with E-state index in [0.717, 1.165) is 11.5 Å². The highest BCUT2D eigenvalue weighted by Crippen LogP contribution is 2.23. The smallest absolute Gasteiger partial charge is 0.322 e. The van der Waals surface area contributed by atoms with Crippen molar-refractivity contribution in [2.75, 3.05) is 12.9 Å². The summed E-state index contributed by atoms with van der Waals surface area (Å²) in [5.41, 5.74) is 8.53. The number of benzene rings is 1. The van der Waals surface area contributed by atoms with Crippen LogP contribution in [0, 0.1) is 0 Å². The summed E-state index contributed by atoms with van der Waals surface area (Å²) in [7, 11) is 1.37. The van der Waals surface area contributed by atoms with Crippen molar-refractivity contribution in [3.63, 3.8) is 0 Å². The molecule has 1 aromatic carbocycles. The molecule has 20 heavy (non-hydrogen) atoms. The molecule has 0 aliphatic carbocycles. The molecule has 4 heteroatoms. The molecule has 2 N–H and O–H groups in total. The Morgan fingerprint density at radius 1 is 1.30 bits per heavy atom. The Hall–Kier alpha value is -1.00. The fourth-order valence-electron chi connectivity index (χ4n) is 1.77. The van der Waals surface area contributed by atoms with Gasteiger partial charge in [0.25, 0.3) is 0 Å². The molecule has 0 aromatic heterocycles. The molecule has 1 atom stereocenters. The van der Waals surface area contributed by atoms with Gasteiger partial charge in [-0.3, -0.25) is 4.79 Å². The SMILES string of the molecule is COC(=O)C(N)CCSCc1ccc(C(C)(C)C)cc1. The summed E-state index contributed by atoms with van der Waals surface area (Å²) in [5.74, 6) is 1.47. The zero-order valence-corrected chi connectivity index (χ0v) is 13.6. The van der Waals surface area contributed by atoms with Crippen LogP contribution in [-0.4, -0.2) is 24.9 Å². The average Bonchev–Trinajstić information content (AvgIpc) is 2.42. The first kappa shape index (κ1) is 17.1. The minimum atomic E-state index is -0.504. The highest BCUT2D eigenvalue weighted by Gasteiger charge is 2.14. The Kier molecular flexibility index (Phi) is 6.56. The van der Waals surface area contributed by atoms with E-state index < -0.39 is 6.04 Å². The molecule has 112 valence electrons. The van der Waals surface area contributed by atoms with Crippen LogP contribution in [-0.2, 0) is 20.7 Å². The molecule has 3 nitrogen and oxygen atoms in total. The molecule has 1 rings (SSSR count). The van der Waals surface area contributed by atoms with E-state index in [2.05, 4.69) is 49.8 Å². The van der Waals surface area contributed by atoms with Gasteiger partial charge in [0.1, 0.15) is 6.04 Å². The summed E-state index contributed by atoms with van der Waals surface area (Å²) in [6.07, 6.45) is 0.650. The van der Waals surface area contributed by atoms with Crippen molar-refractivity contribution >= 4 is 17.7 Å². The summed E-state index contributed by atoms with van der Waals surface area (Å²) in [4.78, 5) is 11.2. The van der Waals surface area contributed by atoms with Crippen LogP contribution in [0.25, 0.3) is 0 Å². The summed E-state index contributed by atoms with van der Waals surface area (Å²) in [5, 5.41) is 0. The minimum Gasteiger partial charge on any atom is -0.468 e. The normalized spacial score (nSPS) is 13.1. The van der Waals surface area contributed by atoms with Crippen LogP contribution < -0.4 is 5.73 Å². The van der Waals surface area contributed by atoms with Crippen LogP contribution in [0.3, 0.4) is 0 Å². The lowest BCUT2D eigenvalue weighted by atomic mass is 9.87. The third kappa shape index (κ3) is 5.55. The van der Waals surface area contributed by atoms with Crippen molar-refractivity contribution in [3.8, 4) is 0 Å². The molecular weight excluding hydrogens is 270 g/mol. The van der Waals surface area contributed by atoms with E-state index in [1.54, 1.807) is 11.8 Å². The first-order valence-corrected chi connectivity index (χ1v) is 8.00. The molecule has 1 unspecified atom stereocenters. The molecule has 1 aromatic rings. The monoisotopic (exact) mass is 295 g/mol. The van der Waals surface area contributed by atoms with Crippen LogP contribution in [0.4, 0.5) is 0 Å². The molecule has 0 saturated carbocycles. The number of ether oxygens (including phenoxy) is 1. The van der Waals surface area contributed by atoms with Crippen LogP contribution in [0.1, 0.15) is 38.3 Å². The molecule has 0 fully saturated rings. The van der Waals surface area contributed by atoms with E-state index in [1.165, 1.54) is 18.2 Å². The van der Waals surface area contributed by atoms with Crippen molar-refractivity contribution in [3.05, 3.63) is 35.4 Å². The van der Waals surface area contributed by atoms with Gasteiger partial charge in [-0.15, -0.1) is 0 Å². The van der Waals surface area contributed by atoms with E-state index in [0.29, 0.717) is 6.42 Å². The number of rotatable bonds is 6. The van der Waals surface area contributed by atoms with E-state index in [9.17, 15) is 4.79 Å². The second kappa shape index (κ2) is 7.70. The molecule has 0 spiro atoms. The van der Waals surface area contributed by atoms with Crippen molar-refractivity contribution in [1.82, 2.24) is 0 Å². The fraction of sp³-hybridized carbons (Fsp3) is 0.562. The van der Waals surface area contributed by atoms with Crippen LogP contribution >= 0.6 is 11.8 Å². The van der Waals surface area contributed by atoms with Crippen LogP contribution in [0.15, 0.2) is 24.3 Å². The lowest BCUT2D eigenvalue weighted by Crippen LogP contribution is -2.31.